The first-order valence-corrected chi connectivity index (χ1v) is 6.90. The maximum Gasteiger partial charge on any atom is 0.161 e. The average molecular weight is 303 g/mol. The number of phenolic OH excluding ortho intramolecular Hbond substituents is 1. The number of hydrogen-bond donors (Lipinski definition) is 2. The van der Waals surface area contributed by atoms with Crippen molar-refractivity contribution in [3.05, 3.63) is 52.5 Å². The number of hydrogen-bond acceptors (Lipinski definition) is 4. The molecule has 108 valence electrons. The van der Waals surface area contributed by atoms with Gasteiger partial charge in [-0.2, -0.15) is 5.26 Å². The molecule has 0 aliphatic rings. The van der Waals surface area contributed by atoms with Gasteiger partial charge in [0.15, 0.2) is 11.5 Å². The van der Waals surface area contributed by atoms with Gasteiger partial charge in [-0.15, -0.1) is 0 Å². The molecule has 2 aromatic rings. The minimum Gasteiger partial charge on any atom is -0.504 e. The highest BCUT2D eigenvalue weighted by molar-refractivity contribution is 6.33. The molecule has 0 saturated heterocycles. The van der Waals surface area contributed by atoms with Crippen molar-refractivity contribution in [2.45, 2.75) is 13.5 Å². The third-order valence-corrected chi connectivity index (χ3v) is 3.23. The largest absolute Gasteiger partial charge is 0.504 e. The van der Waals surface area contributed by atoms with E-state index in [9.17, 15) is 5.11 Å². The standard InChI is InChI=1S/C16H15ClN2O2/c1-2-21-16-8-12(4-6-15(16)20)10-19-14-7-11(9-18)3-5-13(14)17/h3-8,19-20H,2,10H2,1H3. The van der Waals surface area contributed by atoms with E-state index in [2.05, 4.69) is 11.4 Å². The SMILES string of the molecule is CCOc1cc(CNc2cc(C#N)ccc2Cl)ccc1O. The summed E-state index contributed by atoms with van der Waals surface area (Å²) in [7, 11) is 0. The fourth-order valence-electron chi connectivity index (χ4n) is 1.87. The number of benzene rings is 2. The van der Waals surface area contributed by atoms with Crippen LogP contribution >= 0.6 is 11.6 Å². The van der Waals surface area contributed by atoms with Gasteiger partial charge in [-0.1, -0.05) is 17.7 Å². The van der Waals surface area contributed by atoms with Gasteiger partial charge >= 0.3 is 0 Å². The maximum absolute atomic E-state index is 9.66. The van der Waals surface area contributed by atoms with Crippen molar-refractivity contribution >= 4 is 17.3 Å². The molecule has 0 bridgehead atoms. The summed E-state index contributed by atoms with van der Waals surface area (Å²) < 4.78 is 5.34. The van der Waals surface area contributed by atoms with Crippen LogP contribution in [0.25, 0.3) is 0 Å². The molecule has 2 aromatic carbocycles. The fourth-order valence-corrected chi connectivity index (χ4v) is 2.05. The Morgan fingerprint density at radius 1 is 1.29 bits per heavy atom. The first-order chi connectivity index (χ1) is 10.1. The molecule has 0 radical (unpaired) electrons. The Labute approximate surface area is 128 Å². The number of nitrogens with one attached hydrogen (secondary N) is 1. The van der Waals surface area contributed by atoms with E-state index in [0.29, 0.717) is 35.2 Å². The molecule has 0 aliphatic carbocycles. The number of nitriles is 1. The molecular formula is C16H15ClN2O2. The van der Waals surface area contributed by atoms with Gasteiger partial charge in [0, 0.05) is 6.54 Å². The van der Waals surface area contributed by atoms with Crippen molar-refractivity contribution in [1.82, 2.24) is 0 Å². The van der Waals surface area contributed by atoms with Gasteiger partial charge in [-0.05, 0) is 42.8 Å². The van der Waals surface area contributed by atoms with Gasteiger partial charge in [-0.3, -0.25) is 0 Å². The van der Waals surface area contributed by atoms with Crippen LogP contribution in [0.2, 0.25) is 5.02 Å². The first kappa shape index (κ1) is 15.0. The molecule has 2 rings (SSSR count). The van der Waals surface area contributed by atoms with Crippen LogP contribution in [-0.4, -0.2) is 11.7 Å². The smallest absolute Gasteiger partial charge is 0.161 e. The molecule has 0 heterocycles. The summed E-state index contributed by atoms with van der Waals surface area (Å²) in [5, 5.41) is 22.3. The van der Waals surface area contributed by atoms with Crippen LogP contribution in [0, 0.1) is 11.3 Å². The summed E-state index contributed by atoms with van der Waals surface area (Å²) in [6, 6.07) is 12.3. The van der Waals surface area contributed by atoms with Crippen molar-refractivity contribution in [1.29, 1.82) is 5.26 Å². The van der Waals surface area contributed by atoms with E-state index in [1.807, 2.05) is 6.92 Å². The Balaban J connectivity index is 2.13. The minimum absolute atomic E-state index is 0.116. The molecule has 0 spiro atoms. The van der Waals surface area contributed by atoms with Gasteiger partial charge in [0.05, 0.1) is 28.9 Å². The average Bonchev–Trinajstić information content (AvgIpc) is 2.49. The van der Waals surface area contributed by atoms with Crippen LogP contribution in [0.1, 0.15) is 18.1 Å². The van der Waals surface area contributed by atoms with E-state index in [0.717, 1.165) is 5.56 Å². The number of ether oxygens (including phenoxy) is 1. The van der Waals surface area contributed by atoms with Gasteiger partial charge in [0.1, 0.15) is 0 Å². The predicted molar refractivity (Wildman–Crippen MR) is 82.8 cm³/mol. The predicted octanol–water partition coefficient (Wildman–Crippen LogP) is 3.93. The first-order valence-electron chi connectivity index (χ1n) is 6.52. The number of rotatable bonds is 5. The molecule has 0 aromatic heterocycles. The number of halogens is 1. The van der Waals surface area contributed by atoms with Gasteiger partial charge in [0.25, 0.3) is 0 Å². The lowest BCUT2D eigenvalue weighted by atomic mass is 10.1. The number of phenols is 1. The number of anilines is 1. The zero-order chi connectivity index (χ0) is 15.2. The van der Waals surface area contributed by atoms with E-state index in [4.69, 9.17) is 21.6 Å². The molecule has 21 heavy (non-hydrogen) atoms. The van der Waals surface area contributed by atoms with Gasteiger partial charge < -0.3 is 15.2 Å². The second kappa shape index (κ2) is 6.87. The Hall–Kier alpha value is -2.38. The third kappa shape index (κ3) is 3.80. The summed E-state index contributed by atoms with van der Waals surface area (Å²) in [6.45, 7) is 2.85. The molecule has 0 unspecified atom stereocenters. The van der Waals surface area contributed by atoms with Gasteiger partial charge in [-0.25, -0.2) is 0 Å². The monoisotopic (exact) mass is 302 g/mol. The zero-order valence-corrected chi connectivity index (χ0v) is 12.3. The number of nitrogens with zero attached hydrogens (tertiary/aromatic N) is 1. The molecule has 0 aliphatic heterocycles. The molecule has 5 heteroatoms. The Bertz CT molecular complexity index is 680. The summed E-state index contributed by atoms with van der Waals surface area (Å²) in [5.41, 5.74) is 2.18. The Morgan fingerprint density at radius 3 is 2.81 bits per heavy atom. The van der Waals surface area contributed by atoms with Crippen molar-refractivity contribution in [2.75, 3.05) is 11.9 Å². The van der Waals surface area contributed by atoms with Crippen molar-refractivity contribution in [3.63, 3.8) is 0 Å². The second-order valence-corrected chi connectivity index (χ2v) is 4.80. The lowest BCUT2D eigenvalue weighted by molar-refractivity contribution is 0.318. The number of aromatic hydroxyl groups is 1. The van der Waals surface area contributed by atoms with Crippen LogP contribution in [0.4, 0.5) is 5.69 Å². The van der Waals surface area contributed by atoms with Crippen LogP contribution in [0.15, 0.2) is 36.4 Å². The van der Waals surface area contributed by atoms with Crippen LogP contribution in [-0.2, 0) is 6.54 Å². The minimum atomic E-state index is 0.116. The highest BCUT2D eigenvalue weighted by atomic mass is 35.5. The normalized spacial score (nSPS) is 9.95. The lowest BCUT2D eigenvalue weighted by Gasteiger charge is -2.11. The Kier molecular flexibility index (Phi) is 4.91. The highest BCUT2D eigenvalue weighted by Crippen LogP contribution is 2.28. The second-order valence-electron chi connectivity index (χ2n) is 4.40. The van der Waals surface area contributed by atoms with Crippen LogP contribution in [0.3, 0.4) is 0 Å². The third-order valence-electron chi connectivity index (χ3n) is 2.90. The van der Waals surface area contributed by atoms with Crippen molar-refractivity contribution < 1.29 is 9.84 Å². The molecule has 0 fully saturated rings. The molecule has 0 amide bonds. The zero-order valence-electron chi connectivity index (χ0n) is 11.6. The van der Waals surface area contributed by atoms with Crippen LogP contribution in [0.5, 0.6) is 11.5 Å². The van der Waals surface area contributed by atoms with E-state index in [1.54, 1.807) is 36.4 Å². The summed E-state index contributed by atoms with van der Waals surface area (Å²) in [5.74, 6) is 0.568. The molecular weight excluding hydrogens is 288 g/mol. The molecule has 4 nitrogen and oxygen atoms in total. The summed E-state index contributed by atoms with van der Waals surface area (Å²) in [4.78, 5) is 0. The van der Waals surface area contributed by atoms with Gasteiger partial charge in [0.2, 0.25) is 0 Å². The molecule has 0 saturated carbocycles. The molecule has 2 N–H and O–H groups in total. The highest BCUT2D eigenvalue weighted by Gasteiger charge is 2.05. The molecule has 0 atom stereocenters. The fraction of sp³-hybridized carbons (Fsp3) is 0.188. The van der Waals surface area contributed by atoms with Crippen molar-refractivity contribution in [3.8, 4) is 17.6 Å². The van der Waals surface area contributed by atoms with Crippen molar-refractivity contribution in [2.24, 2.45) is 0 Å². The topological polar surface area (TPSA) is 65.3 Å². The quantitative estimate of drug-likeness (QED) is 0.878. The van der Waals surface area contributed by atoms with Crippen LogP contribution < -0.4 is 10.1 Å². The maximum atomic E-state index is 9.66. The lowest BCUT2D eigenvalue weighted by Crippen LogP contribution is -2.01. The van der Waals surface area contributed by atoms with E-state index < -0.39 is 0 Å². The Morgan fingerprint density at radius 2 is 2.10 bits per heavy atom. The summed E-state index contributed by atoms with van der Waals surface area (Å²) in [6.07, 6.45) is 0. The van der Waals surface area contributed by atoms with E-state index >= 15 is 0 Å². The summed E-state index contributed by atoms with van der Waals surface area (Å²) >= 11 is 6.09. The van der Waals surface area contributed by atoms with E-state index in [1.165, 1.54) is 0 Å². The van der Waals surface area contributed by atoms with E-state index in [-0.39, 0.29) is 5.75 Å².